The van der Waals surface area contributed by atoms with E-state index in [1.54, 1.807) is 0 Å². The standard InChI is InChI=1S/C17H13F3N6O/c18-10-3-1-9(2-4-10)17(27)26-25-16-14(21)15(22-8-23-16)24-13-6-5-11(19)7-12(13)20/h1-8H,21H2,(H,26,27)(H2,22,23,24,25). The van der Waals surface area contributed by atoms with Crippen molar-refractivity contribution >= 4 is 28.9 Å². The zero-order valence-corrected chi connectivity index (χ0v) is 13.6. The number of hydrazine groups is 1. The number of nitrogens with zero attached hydrogens (tertiary/aromatic N) is 2. The highest BCUT2D eigenvalue weighted by Crippen LogP contribution is 2.26. The molecule has 0 saturated carbocycles. The lowest BCUT2D eigenvalue weighted by atomic mass is 10.2. The Hall–Kier alpha value is -3.82. The summed E-state index contributed by atoms with van der Waals surface area (Å²) in [5.74, 6) is -2.47. The maximum atomic E-state index is 13.8. The van der Waals surface area contributed by atoms with Crippen molar-refractivity contribution in [2.75, 3.05) is 16.5 Å². The molecule has 10 heteroatoms. The molecule has 2 aromatic carbocycles. The van der Waals surface area contributed by atoms with Gasteiger partial charge in [0.1, 0.15) is 29.5 Å². The molecule has 0 radical (unpaired) electrons. The molecule has 0 aliphatic carbocycles. The van der Waals surface area contributed by atoms with E-state index in [9.17, 15) is 18.0 Å². The van der Waals surface area contributed by atoms with Gasteiger partial charge in [0.25, 0.3) is 5.91 Å². The van der Waals surface area contributed by atoms with Crippen LogP contribution in [0.1, 0.15) is 10.4 Å². The number of aromatic nitrogens is 2. The Bertz CT molecular complexity index is 981. The van der Waals surface area contributed by atoms with Crippen LogP contribution in [0.3, 0.4) is 0 Å². The molecule has 5 N–H and O–H groups in total. The summed E-state index contributed by atoms with van der Waals surface area (Å²) in [5.41, 5.74) is 10.9. The van der Waals surface area contributed by atoms with Crippen molar-refractivity contribution in [1.29, 1.82) is 0 Å². The fourth-order valence-electron chi connectivity index (χ4n) is 2.10. The molecule has 7 nitrogen and oxygen atoms in total. The summed E-state index contributed by atoms with van der Waals surface area (Å²) < 4.78 is 39.6. The molecule has 1 amide bonds. The van der Waals surface area contributed by atoms with Crippen LogP contribution < -0.4 is 21.9 Å². The lowest BCUT2D eigenvalue weighted by molar-refractivity contribution is 0.0962. The third-order valence-electron chi connectivity index (χ3n) is 3.47. The number of benzene rings is 2. The van der Waals surface area contributed by atoms with Crippen LogP contribution >= 0.6 is 0 Å². The smallest absolute Gasteiger partial charge is 0.269 e. The van der Waals surface area contributed by atoms with Crippen LogP contribution in [-0.4, -0.2) is 15.9 Å². The van der Waals surface area contributed by atoms with Gasteiger partial charge in [-0.15, -0.1) is 0 Å². The molecule has 0 atom stereocenters. The zero-order chi connectivity index (χ0) is 19.4. The third-order valence-corrected chi connectivity index (χ3v) is 3.47. The van der Waals surface area contributed by atoms with Crippen molar-refractivity contribution in [1.82, 2.24) is 15.4 Å². The zero-order valence-electron chi connectivity index (χ0n) is 13.6. The van der Waals surface area contributed by atoms with Crippen LogP contribution in [0.5, 0.6) is 0 Å². The minimum absolute atomic E-state index is 0.0133. The average molecular weight is 374 g/mol. The molecule has 138 valence electrons. The van der Waals surface area contributed by atoms with Crippen LogP contribution in [0, 0.1) is 17.5 Å². The molecule has 0 spiro atoms. The first kappa shape index (κ1) is 18.0. The molecule has 1 heterocycles. The first-order valence-corrected chi connectivity index (χ1v) is 7.58. The molecule has 0 saturated heterocycles. The van der Waals surface area contributed by atoms with E-state index >= 15 is 0 Å². The van der Waals surface area contributed by atoms with Crippen molar-refractivity contribution < 1.29 is 18.0 Å². The van der Waals surface area contributed by atoms with Gasteiger partial charge in [-0.05, 0) is 36.4 Å². The van der Waals surface area contributed by atoms with Crippen LogP contribution in [0.4, 0.5) is 36.2 Å². The summed E-state index contributed by atoms with van der Waals surface area (Å²) in [6.07, 6.45) is 1.13. The number of nitrogen functional groups attached to an aromatic ring is 1. The lowest BCUT2D eigenvalue weighted by Crippen LogP contribution is -2.30. The maximum Gasteiger partial charge on any atom is 0.269 e. The number of rotatable bonds is 5. The van der Waals surface area contributed by atoms with E-state index in [-0.39, 0.29) is 28.6 Å². The van der Waals surface area contributed by atoms with E-state index in [1.165, 1.54) is 18.2 Å². The van der Waals surface area contributed by atoms with E-state index in [0.29, 0.717) is 6.07 Å². The molecule has 3 rings (SSSR count). The molecule has 27 heavy (non-hydrogen) atoms. The number of hydrogen-bond donors (Lipinski definition) is 4. The monoisotopic (exact) mass is 374 g/mol. The second-order valence-corrected chi connectivity index (χ2v) is 5.32. The lowest BCUT2D eigenvalue weighted by Gasteiger charge is -2.13. The minimum Gasteiger partial charge on any atom is -0.393 e. The molecule has 1 aromatic heterocycles. The average Bonchev–Trinajstić information content (AvgIpc) is 2.65. The second-order valence-electron chi connectivity index (χ2n) is 5.32. The molecular weight excluding hydrogens is 361 g/mol. The van der Waals surface area contributed by atoms with Gasteiger partial charge in [0, 0.05) is 11.6 Å². The number of halogens is 3. The maximum absolute atomic E-state index is 13.8. The number of amides is 1. The van der Waals surface area contributed by atoms with Gasteiger partial charge in [-0.25, -0.2) is 23.1 Å². The van der Waals surface area contributed by atoms with Gasteiger partial charge in [-0.1, -0.05) is 0 Å². The molecule has 0 fully saturated rings. The quantitative estimate of drug-likeness (QED) is 0.512. The van der Waals surface area contributed by atoms with E-state index in [4.69, 9.17) is 5.73 Å². The number of carbonyl (C=O) groups is 1. The van der Waals surface area contributed by atoms with Gasteiger partial charge >= 0.3 is 0 Å². The number of hydrogen-bond acceptors (Lipinski definition) is 6. The van der Waals surface area contributed by atoms with Crippen LogP contribution in [0.15, 0.2) is 48.8 Å². The first-order chi connectivity index (χ1) is 12.9. The number of nitrogens with two attached hydrogens (primary N) is 1. The number of anilines is 4. The predicted octanol–water partition coefficient (Wildman–Crippen LogP) is 2.98. The number of nitrogens with one attached hydrogen (secondary N) is 3. The van der Waals surface area contributed by atoms with Gasteiger partial charge < -0.3 is 11.1 Å². The summed E-state index contributed by atoms with van der Waals surface area (Å²) in [5, 5.41) is 2.62. The largest absolute Gasteiger partial charge is 0.393 e. The number of carbonyl (C=O) groups excluding carboxylic acids is 1. The fraction of sp³-hybridized carbons (Fsp3) is 0. The van der Waals surface area contributed by atoms with Gasteiger partial charge in [0.2, 0.25) is 0 Å². The summed E-state index contributed by atoms with van der Waals surface area (Å²) in [4.78, 5) is 19.8. The molecular formula is C17H13F3N6O. The van der Waals surface area contributed by atoms with Crippen LogP contribution in [-0.2, 0) is 0 Å². The summed E-state index contributed by atoms with van der Waals surface area (Å²) >= 11 is 0. The van der Waals surface area contributed by atoms with Crippen LogP contribution in [0.25, 0.3) is 0 Å². The van der Waals surface area contributed by atoms with Crippen molar-refractivity contribution in [3.63, 3.8) is 0 Å². The Morgan fingerprint density at radius 3 is 2.30 bits per heavy atom. The van der Waals surface area contributed by atoms with E-state index < -0.39 is 23.4 Å². The van der Waals surface area contributed by atoms with Gasteiger partial charge in [-0.2, -0.15) is 0 Å². The molecule has 0 aliphatic rings. The summed E-state index contributed by atoms with van der Waals surface area (Å²) in [6, 6.07) is 7.88. The van der Waals surface area contributed by atoms with Crippen LogP contribution in [0.2, 0.25) is 0 Å². The topological polar surface area (TPSA) is 105 Å². The van der Waals surface area contributed by atoms with Gasteiger partial charge in [-0.3, -0.25) is 15.6 Å². The molecule has 3 aromatic rings. The highest BCUT2D eigenvalue weighted by Gasteiger charge is 2.12. The minimum atomic E-state index is -0.827. The Kier molecular flexibility index (Phi) is 5.06. The Morgan fingerprint density at radius 1 is 0.926 bits per heavy atom. The van der Waals surface area contributed by atoms with Crippen molar-refractivity contribution in [3.05, 3.63) is 71.8 Å². The Balaban J connectivity index is 1.72. The SMILES string of the molecule is Nc1c(NNC(=O)c2ccc(F)cc2)ncnc1Nc1ccc(F)cc1F. The van der Waals surface area contributed by atoms with E-state index in [1.807, 2.05) is 0 Å². The third kappa shape index (κ3) is 4.24. The molecule has 0 unspecified atom stereocenters. The first-order valence-electron chi connectivity index (χ1n) is 7.58. The Morgan fingerprint density at radius 2 is 1.59 bits per heavy atom. The fourth-order valence-corrected chi connectivity index (χ4v) is 2.10. The summed E-state index contributed by atoms with van der Waals surface area (Å²) in [7, 11) is 0. The second kappa shape index (κ2) is 7.60. The highest BCUT2D eigenvalue weighted by molar-refractivity contribution is 5.95. The molecule has 0 bridgehead atoms. The molecule has 0 aliphatic heterocycles. The predicted molar refractivity (Wildman–Crippen MR) is 93.6 cm³/mol. The normalized spacial score (nSPS) is 10.3. The highest BCUT2D eigenvalue weighted by atomic mass is 19.1. The van der Waals surface area contributed by atoms with E-state index in [0.717, 1.165) is 24.5 Å². The van der Waals surface area contributed by atoms with Gasteiger partial charge in [0.05, 0.1) is 5.69 Å². The van der Waals surface area contributed by atoms with Crippen molar-refractivity contribution in [2.24, 2.45) is 0 Å². The van der Waals surface area contributed by atoms with Crippen molar-refractivity contribution in [3.8, 4) is 0 Å². The summed E-state index contributed by atoms with van der Waals surface area (Å²) in [6.45, 7) is 0. The Labute approximate surface area is 151 Å². The van der Waals surface area contributed by atoms with E-state index in [2.05, 4.69) is 26.1 Å². The van der Waals surface area contributed by atoms with Crippen molar-refractivity contribution in [2.45, 2.75) is 0 Å². The van der Waals surface area contributed by atoms with Gasteiger partial charge in [0.15, 0.2) is 11.6 Å².